The van der Waals surface area contributed by atoms with Gasteiger partial charge in [0.05, 0.1) is 21.4 Å². The molecule has 0 aromatic heterocycles. The molecular weight excluding hydrogens is 485 g/mol. The molecular formula is C27H21Cl2N3O3. The van der Waals surface area contributed by atoms with Crippen LogP contribution in [0.15, 0.2) is 90.0 Å². The molecule has 4 rings (SSSR count). The highest BCUT2D eigenvalue weighted by atomic mass is 35.5. The van der Waals surface area contributed by atoms with Crippen LogP contribution in [-0.4, -0.2) is 17.5 Å². The number of amides is 2. The number of carbonyl (C=O) groups is 2. The molecule has 0 radical (unpaired) electrons. The first-order valence-electron chi connectivity index (χ1n) is 10.7. The topological polar surface area (TPSA) is 79.8 Å². The Hall–Kier alpha value is -3.87. The minimum Gasteiger partial charge on any atom is -0.489 e. The van der Waals surface area contributed by atoms with Crippen molar-refractivity contribution in [2.45, 2.75) is 13.5 Å². The van der Waals surface area contributed by atoms with Crippen LogP contribution >= 0.6 is 23.2 Å². The average Bonchev–Trinajstić information content (AvgIpc) is 2.88. The molecule has 0 saturated carbocycles. The maximum absolute atomic E-state index is 12.1. The molecule has 4 aromatic carbocycles. The van der Waals surface area contributed by atoms with Gasteiger partial charge >= 0.3 is 11.8 Å². The zero-order chi connectivity index (χ0) is 24.8. The number of nitrogens with zero attached hydrogens (tertiary/aromatic N) is 1. The number of ether oxygens (including phenoxy) is 1. The molecule has 4 aromatic rings. The summed E-state index contributed by atoms with van der Waals surface area (Å²) >= 11 is 11.9. The molecule has 0 atom stereocenters. The predicted molar refractivity (Wildman–Crippen MR) is 140 cm³/mol. The Morgan fingerprint density at radius 1 is 0.857 bits per heavy atom. The molecule has 0 spiro atoms. The van der Waals surface area contributed by atoms with Gasteiger partial charge in [0.2, 0.25) is 0 Å². The van der Waals surface area contributed by atoms with Crippen LogP contribution in [0.3, 0.4) is 0 Å². The normalized spacial score (nSPS) is 11.2. The van der Waals surface area contributed by atoms with E-state index in [0.717, 1.165) is 16.5 Å². The minimum absolute atomic E-state index is 0.151. The zero-order valence-corrected chi connectivity index (χ0v) is 20.2. The largest absolute Gasteiger partial charge is 0.489 e. The SMILES string of the molecule is C/C(=N\NC(=O)C(=O)Nc1cccc(Cl)c1Cl)c1ccc(OCc2cccc3ccccc23)cc1. The number of rotatable bonds is 6. The first-order chi connectivity index (χ1) is 16.9. The lowest BCUT2D eigenvalue weighted by Crippen LogP contribution is -2.33. The molecule has 0 saturated heterocycles. The fraction of sp³-hybridized carbons (Fsp3) is 0.0741. The fourth-order valence-electron chi connectivity index (χ4n) is 3.40. The van der Waals surface area contributed by atoms with Crippen LogP contribution in [0, 0.1) is 0 Å². The molecule has 176 valence electrons. The predicted octanol–water partition coefficient (Wildman–Crippen LogP) is 6.20. The van der Waals surface area contributed by atoms with Crippen molar-refractivity contribution >= 4 is 57.2 Å². The molecule has 2 amide bonds. The lowest BCUT2D eigenvalue weighted by atomic mass is 10.1. The van der Waals surface area contributed by atoms with Crippen LogP contribution in [0.4, 0.5) is 5.69 Å². The zero-order valence-electron chi connectivity index (χ0n) is 18.7. The fourth-order valence-corrected chi connectivity index (χ4v) is 3.75. The van der Waals surface area contributed by atoms with Crippen LogP contribution in [0.5, 0.6) is 5.75 Å². The maximum Gasteiger partial charge on any atom is 0.329 e. The Labute approximate surface area is 212 Å². The molecule has 0 aliphatic rings. The number of nitrogens with one attached hydrogen (secondary N) is 2. The van der Waals surface area contributed by atoms with E-state index in [2.05, 4.69) is 34.0 Å². The van der Waals surface area contributed by atoms with Crippen molar-refractivity contribution in [3.8, 4) is 5.75 Å². The van der Waals surface area contributed by atoms with E-state index < -0.39 is 11.8 Å². The lowest BCUT2D eigenvalue weighted by Gasteiger charge is -2.10. The quantitative estimate of drug-likeness (QED) is 0.186. The van der Waals surface area contributed by atoms with Crippen LogP contribution in [-0.2, 0) is 16.2 Å². The number of hydrogen-bond donors (Lipinski definition) is 2. The van der Waals surface area contributed by atoms with Gasteiger partial charge in [0, 0.05) is 0 Å². The monoisotopic (exact) mass is 505 g/mol. The van der Waals surface area contributed by atoms with Crippen molar-refractivity contribution in [1.82, 2.24) is 5.43 Å². The summed E-state index contributed by atoms with van der Waals surface area (Å²) in [6, 6.07) is 26.4. The summed E-state index contributed by atoms with van der Waals surface area (Å²) in [7, 11) is 0. The second-order valence-electron chi connectivity index (χ2n) is 7.64. The van der Waals surface area contributed by atoms with E-state index in [9.17, 15) is 9.59 Å². The van der Waals surface area contributed by atoms with Gasteiger partial charge in [-0.25, -0.2) is 5.43 Å². The lowest BCUT2D eigenvalue weighted by molar-refractivity contribution is -0.136. The number of halogens is 2. The number of benzene rings is 4. The third kappa shape index (κ3) is 5.98. The number of fused-ring (bicyclic) bond motifs is 1. The summed E-state index contributed by atoms with van der Waals surface area (Å²) in [5, 5.41) is 9.16. The third-order valence-electron chi connectivity index (χ3n) is 5.28. The van der Waals surface area contributed by atoms with Crippen molar-refractivity contribution < 1.29 is 14.3 Å². The van der Waals surface area contributed by atoms with Crippen molar-refractivity contribution in [2.24, 2.45) is 5.10 Å². The van der Waals surface area contributed by atoms with Crippen LogP contribution in [0.25, 0.3) is 10.8 Å². The molecule has 6 nitrogen and oxygen atoms in total. The van der Waals surface area contributed by atoms with Crippen molar-refractivity contribution in [1.29, 1.82) is 0 Å². The number of hydrogen-bond acceptors (Lipinski definition) is 4. The molecule has 8 heteroatoms. The maximum atomic E-state index is 12.1. The Kier molecular flexibility index (Phi) is 7.65. The molecule has 2 N–H and O–H groups in total. The highest BCUT2D eigenvalue weighted by Gasteiger charge is 2.16. The van der Waals surface area contributed by atoms with E-state index in [1.165, 1.54) is 11.5 Å². The van der Waals surface area contributed by atoms with Crippen LogP contribution in [0.1, 0.15) is 18.1 Å². The summed E-state index contributed by atoms with van der Waals surface area (Å²) in [5.41, 5.74) is 4.87. The molecule has 0 aliphatic heterocycles. The highest BCUT2D eigenvalue weighted by Crippen LogP contribution is 2.29. The van der Waals surface area contributed by atoms with Gasteiger partial charge in [0.25, 0.3) is 0 Å². The van der Waals surface area contributed by atoms with E-state index in [1.54, 1.807) is 19.1 Å². The summed E-state index contributed by atoms with van der Waals surface area (Å²) in [5.74, 6) is -1.14. The first-order valence-corrected chi connectivity index (χ1v) is 11.5. The number of hydrazone groups is 1. The van der Waals surface area contributed by atoms with Crippen molar-refractivity contribution in [3.63, 3.8) is 0 Å². The van der Waals surface area contributed by atoms with Crippen LogP contribution < -0.4 is 15.5 Å². The van der Waals surface area contributed by atoms with Gasteiger partial charge in [-0.15, -0.1) is 0 Å². The van der Waals surface area contributed by atoms with E-state index in [4.69, 9.17) is 27.9 Å². The Morgan fingerprint density at radius 3 is 2.37 bits per heavy atom. The summed E-state index contributed by atoms with van der Waals surface area (Å²) in [6.07, 6.45) is 0. The third-order valence-corrected chi connectivity index (χ3v) is 6.10. The highest BCUT2D eigenvalue weighted by molar-refractivity contribution is 6.45. The van der Waals surface area contributed by atoms with Gasteiger partial charge in [-0.05, 0) is 65.2 Å². The summed E-state index contributed by atoms with van der Waals surface area (Å²) in [4.78, 5) is 24.2. The molecule has 0 fully saturated rings. The Morgan fingerprint density at radius 2 is 1.57 bits per heavy atom. The van der Waals surface area contributed by atoms with E-state index >= 15 is 0 Å². The van der Waals surface area contributed by atoms with Crippen molar-refractivity contribution in [3.05, 3.63) is 106 Å². The van der Waals surface area contributed by atoms with E-state index in [0.29, 0.717) is 18.1 Å². The van der Waals surface area contributed by atoms with Gasteiger partial charge in [-0.1, -0.05) is 71.7 Å². The number of anilines is 1. The Bertz CT molecular complexity index is 1410. The minimum atomic E-state index is -0.935. The van der Waals surface area contributed by atoms with Gasteiger partial charge in [-0.2, -0.15) is 5.10 Å². The standard InChI is InChI=1S/C27H21Cl2N3O3/c1-17(31-32-27(34)26(33)30-24-11-5-10-23(28)25(24)29)18-12-14-21(15-13-18)35-16-20-8-4-7-19-6-2-3-9-22(19)20/h2-15H,16H2,1H3,(H,30,33)(H,32,34)/b31-17+. The molecule has 0 unspecified atom stereocenters. The van der Waals surface area contributed by atoms with Gasteiger partial charge in [0.1, 0.15) is 12.4 Å². The molecule has 35 heavy (non-hydrogen) atoms. The van der Waals surface area contributed by atoms with Gasteiger partial charge < -0.3 is 10.1 Å². The van der Waals surface area contributed by atoms with E-state index in [-0.39, 0.29) is 15.7 Å². The Balaban J connectivity index is 1.34. The second-order valence-corrected chi connectivity index (χ2v) is 8.43. The van der Waals surface area contributed by atoms with E-state index in [1.807, 2.05) is 48.5 Å². The van der Waals surface area contributed by atoms with Crippen LogP contribution in [0.2, 0.25) is 10.0 Å². The van der Waals surface area contributed by atoms with Gasteiger partial charge in [0.15, 0.2) is 0 Å². The van der Waals surface area contributed by atoms with Gasteiger partial charge in [-0.3, -0.25) is 9.59 Å². The smallest absolute Gasteiger partial charge is 0.329 e. The molecule has 0 aliphatic carbocycles. The van der Waals surface area contributed by atoms with Crippen molar-refractivity contribution in [2.75, 3.05) is 5.32 Å². The second kappa shape index (κ2) is 11.0. The molecule has 0 bridgehead atoms. The average molecular weight is 506 g/mol. The summed E-state index contributed by atoms with van der Waals surface area (Å²) in [6.45, 7) is 2.16. The first kappa shape index (κ1) is 24.3. The number of carbonyl (C=O) groups excluding carboxylic acids is 2. The molecule has 0 heterocycles. The summed E-state index contributed by atoms with van der Waals surface area (Å²) < 4.78 is 5.96.